The maximum Gasteiger partial charge on any atom is 0.0803 e. The average molecular weight is 224 g/mol. The van der Waals surface area contributed by atoms with Crippen molar-refractivity contribution in [3.8, 4) is 0 Å². The third-order valence-electron chi connectivity index (χ3n) is 3.07. The van der Waals surface area contributed by atoms with Crippen LogP contribution in [0.15, 0.2) is 18.2 Å². The summed E-state index contributed by atoms with van der Waals surface area (Å²) in [6.45, 7) is 12.6. The number of hydrogen-bond acceptors (Lipinski definition) is 0. The molecule has 0 saturated heterocycles. The highest BCUT2D eigenvalue weighted by Gasteiger charge is 2.25. The Labute approximate surface area is 109 Å². The summed E-state index contributed by atoms with van der Waals surface area (Å²) in [5.41, 5.74) is 3.69. The van der Waals surface area contributed by atoms with Gasteiger partial charge < -0.3 is 0 Å². The van der Waals surface area contributed by atoms with Crippen molar-refractivity contribution in [2.75, 3.05) is 0 Å². The van der Waals surface area contributed by atoms with Crippen molar-refractivity contribution >= 4 is 15.7 Å². The van der Waals surface area contributed by atoms with Crippen LogP contribution in [0.3, 0.4) is 0 Å². The number of benzene rings is 1. The Balaban J connectivity index is 3.55. The fourth-order valence-electron chi connectivity index (χ4n) is 2.31. The summed E-state index contributed by atoms with van der Waals surface area (Å²) in [5.74, 6) is 0.423. The Morgan fingerprint density at radius 1 is 0.882 bits per heavy atom. The van der Waals surface area contributed by atoms with Gasteiger partial charge in [-0.3, -0.25) is 0 Å². The molecule has 0 saturated carbocycles. The molecule has 0 spiro atoms. The van der Waals surface area contributed by atoms with E-state index in [1.165, 1.54) is 16.7 Å². The van der Waals surface area contributed by atoms with Gasteiger partial charge in [-0.05, 0) is 33.2 Å². The van der Waals surface area contributed by atoms with Gasteiger partial charge in [0.05, 0.1) is 15.7 Å². The normalized spacial score (nSPS) is 13.1. The van der Waals surface area contributed by atoms with E-state index < -0.39 is 0 Å². The predicted molar refractivity (Wildman–Crippen MR) is 78.1 cm³/mol. The monoisotopic (exact) mass is 224 g/mol. The van der Waals surface area contributed by atoms with Gasteiger partial charge in [0, 0.05) is 0 Å². The van der Waals surface area contributed by atoms with Crippen LogP contribution in [0.1, 0.15) is 64.2 Å². The van der Waals surface area contributed by atoms with E-state index in [9.17, 15) is 0 Å². The van der Waals surface area contributed by atoms with Crippen LogP contribution in [0.2, 0.25) is 0 Å². The Bertz CT molecular complexity index is 360. The molecule has 17 heavy (non-hydrogen) atoms. The summed E-state index contributed by atoms with van der Waals surface area (Å²) in [7, 11) is 12.5. The van der Waals surface area contributed by atoms with E-state index in [0.717, 1.165) is 0 Å². The summed E-state index contributed by atoms with van der Waals surface area (Å²) in [6.07, 6.45) is 0. The molecule has 1 aromatic rings. The second-order valence-corrected chi connectivity index (χ2v) is 6.36. The van der Waals surface area contributed by atoms with Crippen molar-refractivity contribution in [2.45, 2.75) is 58.1 Å². The SMILES string of the molecule is [B]C(C)(C)c1cccc(C([B])(C)C)c1C(C)C. The molecule has 1 rings (SSSR count). The van der Waals surface area contributed by atoms with Crippen molar-refractivity contribution in [3.63, 3.8) is 0 Å². The molecule has 0 N–H and O–H groups in total. The van der Waals surface area contributed by atoms with Gasteiger partial charge in [-0.15, -0.1) is 0 Å². The Morgan fingerprint density at radius 2 is 1.24 bits per heavy atom. The smallest absolute Gasteiger partial charge is 0.0639 e. The Hall–Kier alpha value is -0.650. The molecule has 0 aliphatic rings. The van der Waals surface area contributed by atoms with Crippen LogP contribution in [0, 0.1) is 0 Å². The lowest BCUT2D eigenvalue weighted by Crippen LogP contribution is -2.25. The van der Waals surface area contributed by atoms with Gasteiger partial charge in [-0.1, -0.05) is 59.7 Å². The highest BCUT2D eigenvalue weighted by molar-refractivity contribution is 6.16. The first-order valence-corrected chi connectivity index (χ1v) is 6.26. The zero-order valence-corrected chi connectivity index (χ0v) is 12.0. The van der Waals surface area contributed by atoms with Crippen LogP contribution in [0.5, 0.6) is 0 Å². The van der Waals surface area contributed by atoms with Gasteiger partial charge in [-0.2, -0.15) is 0 Å². The van der Waals surface area contributed by atoms with E-state index in [1.807, 2.05) is 27.7 Å². The van der Waals surface area contributed by atoms with Crippen molar-refractivity contribution in [1.82, 2.24) is 0 Å². The lowest BCUT2D eigenvalue weighted by molar-refractivity contribution is 0.684. The molecule has 2 heteroatoms. The van der Waals surface area contributed by atoms with Gasteiger partial charge in [0.2, 0.25) is 0 Å². The third kappa shape index (κ3) is 3.18. The van der Waals surface area contributed by atoms with Crippen molar-refractivity contribution in [2.24, 2.45) is 0 Å². The van der Waals surface area contributed by atoms with E-state index in [0.29, 0.717) is 5.92 Å². The molecule has 4 radical (unpaired) electrons. The lowest BCUT2D eigenvalue weighted by Gasteiger charge is -2.32. The minimum absolute atomic E-state index is 0.332. The molecule has 0 aliphatic heterocycles. The van der Waals surface area contributed by atoms with Crippen LogP contribution >= 0.6 is 0 Å². The summed E-state index contributed by atoms with van der Waals surface area (Å²) >= 11 is 0. The van der Waals surface area contributed by atoms with E-state index in [1.54, 1.807) is 0 Å². The molecule has 0 bridgehead atoms. The van der Waals surface area contributed by atoms with Crippen LogP contribution < -0.4 is 0 Å². The first kappa shape index (κ1) is 14.4. The number of rotatable bonds is 3. The summed E-state index contributed by atoms with van der Waals surface area (Å²) in [4.78, 5) is 0. The zero-order chi connectivity index (χ0) is 13.4. The second-order valence-electron chi connectivity index (χ2n) is 6.36. The van der Waals surface area contributed by atoms with Gasteiger partial charge in [0.15, 0.2) is 0 Å². The van der Waals surface area contributed by atoms with Crippen molar-refractivity contribution in [1.29, 1.82) is 0 Å². The largest absolute Gasteiger partial charge is 0.0803 e. The predicted octanol–water partition coefficient (Wildman–Crippen LogP) is 3.62. The molecule has 0 nitrogen and oxygen atoms in total. The average Bonchev–Trinajstić information content (AvgIpc) is 2.13. The van der Waals surface area contributed by atoms with E-state index in [4.69, 9.17) is 15.7 Å². The molecule has 88 valence electrons. The minimum Gasteiger partial charge on any atom is -0.0639 e. The molecular weight excluding hydrogens is 202 g/mol. The molecule has 0 heterocycles. The number of hydrogen-bond donors (Lipinski definition) is 0. The van der Waals surface area contributed by atoms with Gasteiger partial charge in [0.1, 0.15) is 0 Å². The minimum atomic E-state index is -0.332. The maximum atomic E-state index is 6.27. The van der Waals surface area contributed by atoms with Crippen LogP contribution in [0.25, 0.3) is 0 Å². The zero-order valence-electron chi connectivity index (χ0n) is 12.0. The first-order valence-electron chi connectivity index (χ1n) is 6.26. The highest BCUT2D eigenvalue weighted by Crippen LogP contribution is 2.35. The second kappa shape index (κ2) is 4.55. The molecule has 1 aromatic carbocycles. The Kier molecular flexibility index (Phi) is 3.86. The molecule has 0 fully saturated rings. The first-order chi connectivity index (χ1) is 7.55. The van der Waals surface area contributed by atoms with E-state index in [-0.39, 0.29) is 10.6 Å². The summed E-state index contributed by atoms with van der Waals surface area (Å²) in [5, 5.41) is -0.665. The van der Waals surface area contributed by atoms with Crippen molar-refractivity contribution in [3.05, 3.63) is 34.9 Å². The van der Waals surface area contributed by atoms with E-state index >= 15 is 0 Å². The quantitative estimate of drug-likeness (QED) is 0.687. The topological polar surface area (TPSA) is 0 Å². The third-order valence-corrected chi connectivity index (χ3v) is 3.07. The maximum absolute atomic E-state index is 6.27. The fraction of sp³-hybridized carbons (Fsp3) is 0.600. The molecular formula is C15H22B2. The molecule has 0 amide bonds. The molecule has 0 unspecified atom stereocenters. The Morgan fingerprint density at radius 3 is 1.47 bits per heavy atom. The standard InChI is InChI=1S/C15H22B2/c1-10(2)13-11(14(3,4)16)8-7-9-12(13)15(5,6)17/h7-10H,1-6H3. The molecule has 0 aliphatic carbocycles. The van der Waals surface area contributed by atoms with Crippen LogP contribution in [0.4, 0.5) is 0 Å². The van der Waals surface area contributed by atoms with Gasteiger partial charge in [0.25, 0.3) is 0 Å². The van der Waals surface area contributed by atoms with Gasteiger partial charge in [-0.25, -0.2) is 0 Å². The summed E-state index contributed by atoms with van der Waals surface area (Å²) < 4.78 is 0. The molecule has 0 atom stereocenters. The van der Waals surface area contributed by atoms with Crippen LogP contribution in [-0.4, -0.2) is 15.7 Å². The van der Waals surface area contributed by atoms with Crippen molar-refractivity contribution < 1.29 is 0 Å². The van der Waals surface area contributed by atoms with E-state index in [2.05, 4.69) is 32.0 Å². The highest BCUT2D eigenvalue weighted by atomic mass is 14.3. The lowest BCUT2D eigenvalue weighted by atomic mass is 9.60. The van der Waals surface area contributed by atoms with Crippen LogP contribution in [-0.2, 0) is 10.6 Å². The fourth-order valence-corrected chi connectivity index (χ4v) is 2.31. The van der Waals surface area contributed by atoms with Gasteiger partial charge >= 0.3 is 0 Å². The molecule has 0 aromatic heterocycles. The summed E-state index contributed by atoms with van der Waals surface area (Å²) in [6, 6.07) is 6.29.